The molecule has 0 spiro atoms. The van der Waals surface area contributed by atoms with Crippen LogP contribution in [0.4, 0.5) is 11.4 Å². The first-order valence-electron chi connectivity index (χ1n) is 6.88. The Bertz CT molecular complexity index is 475. The third kappa shape index (κ3) is 3.61. The molecule has 1 heterocycles. The van der Waals surface area contributed by atoms with Crippen molar-refractivity contribution >= 4 is 23.0 Å². The molecule has 6 heteroatoms. The molecule has 0 radical (unpaired) electrons. The Balaban J connectivity index is 2.01. The van der Waals surface area contributed by atoms with Crippen molar-refractivity contribution < 1.29 is 4.92 Å². The monoisotopic (exact) mass is 297 g/mol. The molecular weight excluding hydrogens is 278 g/mol. The normalized spacial score (nSPS) is 15.5. The first-order valence-corrected chi connectivity index (χ1v) is 7.42. The van der Waals surface area contributed by atoms with Crippen LogP contribution in [0.3, 0.4) is 0 Å². The molecule has 0 N–H and O–H groups in total. The number of hydrogen-bond donors (Lipinski definition) is 0. The summed E-state index contributed by atoms with van der Waals surface area (Å²) in [6.07, 6.45) is 2.58. The number of rotatable bonds is 6. The Morgan fingerprint density at radius 1 is 1.40 bits per heavy atom. The van der Waals surface area contributed by atoms with Gasteiger partial charge in [-0.15, -0.1) is 11.6 Å². The minimum atomic E-state index is -0.383. The Kier molecular flexibility index (Phi) is 5.20. The number of nitrogens with zero attached hydrogens (tertiary/aromatic N) is 3. The lowest BCUT2D eigenvalue weighted by Gasteiger charge is -2.23. The maximum atomic E-state index is 10.9. The second-order valence-corrected chi connectivity index (χ2v) is 5.44. The van der Waals surface area contributed by atoms with Gasteiger partial charge in [0.15, 0.2) is 0 Å². The van der Waals surface area contributed by atoms with E-state index in [4.69, 9.17) is 11.6 Å². The summed E-state index contributed by atoms with van der Waals surface area (Å²) in [6.45, 7) is 4.31. The number of nitro benzene ring substituents is 1. The van der Waals surface area contributed by atoms with Crippen LogP contribution in [0.1, 0.15) is 18.4 Å². The van der Waals surface area contributed by atoms with Crippen molar-refractivity contribution in [2.45, 2.75) is 18.7 Å². The summed E-state index contributed by atoms with van der Waals surface area (Å²) >= 11 is 5.80. The highest BCUT2D eigenvalue weighted by Gasteiger charge is 2.16. The number of benzene rings is 1. The average Bonchev–Trinajstić information content (AvgIpc) is 2.97. The average molecular weight is 298 g/mol. The van der Waals surface area contributed by atoms with Gasteiger partial charge in [0.05, 0.1) is 10.8 Å². The molecule has 2 rings (SSSR count). The zero-order valence-corrected chi connectivity index (χ0v) is 12.5. The summed E-state index contributed by atoms with van der Waals surface area (Å²) in [5.41, 5.74) is 1.64. The third-order valence-corrected chi connectivity index (χ3v) is 4.08. The molecule has 1 saturated heterocycles. The van der Waals surface area contributed by atoms with Gasteiger partial charge in [-0.1, -0.05) is 0 Å². The Morgan fingerprint density at radius 2 is 2.10 bits per heavy atom. The van der Waals surface area contributed by atoms with E-state index >= 15 is 0 Å². The van der Waals surface area contributed by atoms with E-state index in [1.54, 1.807) is 12.1 Å². The van der Waals surface area contributed by atoms with Gasteiger partial charge in [-0.05, 0) is 38.1 Å². The molecule has 0 saturated carbocycles. The number of likely N-dealkylation sites (N-methyl/N-ethyl adjacent to an activating group) is 1. The smallest absolute Gasteiger partial charge is 0.273 e. The van der Waals surface area contributed by atoms with Gasteiger partial charge >= 0.3 is 0 Å². The SMILES string of the molecule is CN(CCN1CCCC1)c1ccc([N+](=O)[O-])c(CCl)c1. The number of halogens is 1. The van der Waals surface area contributed by atoms with Crippen LogP contribution in [0.2, 0.25) is 0 Å². The predicted molar refractivity (Wildman–Crippen MR) is 81.6 cm³/mol. The van der Waals surface area contributed by atoms with E-state index in [0.29, 0.717) is 5.56 Å². The van der Waals surface area contributed by atoms with Crippen LogP contribution in [0, 0.1) is 10.1 Å². The van der Waals surface area contributed by atoms with Gasteiger partial charge in [0.1, 0.15) is 0 Å². The molecular formula is C14H20ClN3O2. The highest BCUT2D eigenvalue weighted by Crippen LogP contribution is 2.25. The molecule has 5 nitrogen and oxygen atoms in total. The topological polar surface area (TPSA) is 49.6 Å². The molecule has 0 bridgehead atoms. The van der Waals surface area contributed by atoms with Crippen molar-refractivity contribution in [3.05, 3.63) is 33.9 Å². The molecule has 1 aliphatic heterocycles. The minimum Gasteiger partial charge on any atom is -0.373 e. The van der Waals surface area contributed by atoms with Crippen LogP contribution in [0.5, 0.6) is 0 Å². The first kappa shape index (κ1) is 15.1. The molecule has 0 aromatic heterocycles. The summed E-state index contributed by atoms with van der Waals surface area (Å²) in [7, 11) is 2.01. The molecule has 0 amide bonds. The zero-order valence-electron chi connectivity index (χ0n) is 11.7. The van der Waals surface area contributed by atoms with Gasteiger partial charge in [-0.3, -0.25) is 10.1 Å². The molecule has 1 fully saturated rings. The van der Waals surface area contributed by atoms with E-state index in [2.05, 4.69) is 9.80 Å². The maximum absolute atomic E-state index is 10.9. The maximum Gasteiger partial charge on any atom is 0.273 e. The van der Waals surface area contributed by atoms with E-state index in [9.17, 15) is 10.1 Å². The van der Waals surface area contributed by atoms with Gasteiger partial charge in [-0.25, -0.2) is 0 Å². The lowest BCUT2D eigenvalue weighted by molar-refractivity contribution is -0.385. The van der Waals surface area contributed by atoms with Crippen LogP contribution in [-0.4, -0.2) is 43.0 Å². The highest BCUT2D eigenvalue weighted by molar-refractivity contribution is 6.17. The van der Waals surface area contributed by atoms with Crippen LogP contribution in [0.15, 0.2) is 18.2 Å². The van der Waals surface area contributed by atoms with Gasteiger partial charge in [-0.2, -0.15) is 0 Å². The Hall–Kier alpha value is -1.33. The van der Waals surface area contributed by atoms with E-state index in [1.807, 2.05) is 13.1 Å². The molecule has 1 aromatic carbocycles. The van der Waals surface area contributed by atoms with Crippen molar-refractivity contribution in [2.75, 3.05) is 38.1 Å². The summed E-state index contributed by atoms with van der Waals surface area (Å²) < 4.78 is 0. The largest absolute Gasteiger partial charge is 0.373 e. The van der Waals surface area contributed by atoms with Gasteiger partial charge < -0.3 is 9.80 Å². The fourth-order valence-electron chi connectivity index (χ4n) is 2.52. The van der Waals surface area contributed by atoms with E-state index < -0.39 is 0 Å². The van der Waals surface area contributed by atoms with Gasteiger partial charge in [0.2, 0.25) is 0 Å². The molecule has 1 aliphatic rings. The Labute approximate surface area is 124 Å². The molecule has 0 unspecified atom stereocenters. The van der Waals surface area contributed by atoms with Crippen molar-refractivity contribution in [2.24, 2.45) is 0 Å². The van der Waals surface area contributed by atoms with Crippen molar-refractivity contribution in [1.29, 1.82) is 0 Å². The van der Waals surface area contributed by atoms with Crippen molar-refractivity contribution in [3.8, 4) is 0 Å². The zero-order chi connectivity index (χ0) is 14.5. The second kappa shape index (κ2) is 6.90. The number of alkyl halides is 1. The van der Waals surface area contributed by atoms with Crippen molar-refractivity contribution in [1.82, 2.24) is 4.90 Å². The summed E-state index contributed by atoms with van der Waals surface area (Å²) in [5.74, 6) is 0.157. The first-order chi connectivity index (χ1) is 9.61. The van der Waals surface area contributed by atoms with Gasteiger partial charge in [0, 0.05) is 37.5 Å². The Morgan fingerprint density at radius 3 is 2.70 bits per heavy atom. The fourth-order valence-corrected chi connectivity index (χ4v) is 2.74. The summed E-state index contributed by atoms with van der Waals surface area (Å²) in [4.78, 5) is 15.1. The van der Waals surface area contributed by atoms with Crippen LogP contribution >= 0.6 is 11.6 Å². The second-order valence-electron chi connectivity index (χ2n) is 5.17. The standard InChI is InChI=1S/C14H20ClN3O2/c1-16(8-9-17-6-2-3-7-17)13-4-5-14(18(19)20)12(10-13)11-15/h4-5,10H,2-3,6-9,11H2,1H3. The van der Waals surface area contributed by atoms with E-state index in [0.717, 1.165) is 18.8 Å². The third-order valence-electron chi connectivity index (χ3n) is 3.79. The molecule has 0 aliphatic carbocycles. The van der Waals surface area contributed by atoms with E-state index in [1.165, 1.54) is 25.9 Å². The van der Waals surface area contributed by atoms with E-state index in [-0.39, 0.29) is 16.5 Å². The predicted octanol–water partition coefficient (Wildman–Crippen LogP) is 2.87. The molecule has 0 atom stereocenters. The lowest BCUT2D eigenvalue weighted by atomic mass is 10.1. The van der Waals surface area contributed by atoms with Crippen LogP contribution in [-0.2, 0) is 5.88 Å². The molecule has 110 valence electrons. The highest BCUT2D eigenvalue weighted by atomic mass is 35.5. The summed E-state index contributed by atoms with van der Waals surface area (Å²) in [5, 5.41) is 10.9. The molecule has 1 aromatic rings. The number of hydrogen-bond acceptors (Lipinski definition) is 4. The molecule has 20 heavy (non-hydrogen) atoms. The lowest BCUT2D eigenvalue weighted by Crippen LogP contribution is -2.31. The minimum absolute atomic E-state index is 0.0942. The number of likely N-dealkylation sites (tertiary alicyclic amines) is 1. The number of anilines is 1. The van der Waals surface area contributed by atoms with Crippen LogP contribution < -0.4 is 4.90 Å². The summed E-state index contributed by atoms with van der Waals surface area (Å²) in [6, 6.07) is 5.15. The number of nitro groups is 1. The fraction of sp³-hybridized carbons (Fsp3) is 0.571. The van der Waals surface area contributed by atoms with Crippen molar-refractivity contribution in [3.63, 3.8) is 0 Å². The quantitative estimate of drug-likeness (QED) is 0.460. The van der Waals surface area contributed by atoms with Crippen LogP contribution in [0.25, 0.3) is 0 Å². The van der Waals surface area contributed by atoms with Gasteiger partial charge in [0.25, 0.3) is 5.69 Å².